The summed E-state index contributed by atoms with van der Waals surface area (Å²) in [6.07, 6.45) is 3.66. The third kappa shape index (κ3) is 4.14. The Kier molecular flexibility index (Phi) is 5.83. The number of pyridine rings is 1. The second-order valence-electron chi connectivity index (χ2n) is 7.35. The summed E-state index contributed by atoms with van der Waals surface area (Å²) in [5, 5.41) is 0.561. The molecule has 152 valence electrons. The third-order valence-corrected chi connectivity index (χ3v) is 5.91. The summed E-state index contributed by atoms with van der Waals surface area (Å²) in [6, 6.07) is 10.2. The molecule has 0 radical (unpaired) electrons. The van der Waals surface area contributed by atoms with Gasteiger partial charge in [-0.05, 0) is 30.3 Å². The van der Waals surface area contributed by atoms with Gasteiger partial charge in [0.15, 0.2) is 0 Å². The Morgan fingerprint density at radius 1 is 1.17 bits per heavy atom. The summed E-state index contributed by atoms with van der Waals surface area (Å²) in [7, 11) is 0. The van der Waals surface area contributed by atoms with Gasteiger partial charge in [0.1, 0.15) is 11.5 Å². The van der Waals surface area contributed by atoms with Crippen molar-refractivity contribution in [1.29, 1.82) is 0 Å². The fraction of sp³-hybridized carbons (Fsp3) is 0.364. The number of amides is 1. The lowest BCUT2D eigenvalue weighted by molar-refractivity contribution is -0.133. The Bertz CT molecular complexity index is 1010. The second kappa shape index (κ2) is 8.51. The second-order valence-corrected chi connectivity index (χ2v) is 7.79. The van der Waals surface area contributed by atoms with Crippen LogP contribution in [0.3, 0.4) is 0 Å². The monoisotopic (exact) mass is 414 g/mol. The van der Waals surface area contributed by atoms with E-state index in [1.54, 1.807) is 36.7 Å². The van der Waals surface area contributed by atoms with Gasteiger partial charge in [-0.25, -0.2) is 9.37 Å². The van der Waals surface area contributed by atoms with Crippen LogP contribution in [0.25, 0.3) is 5.65 Å². The van der Waals surface area contributed by atoms with Gasteiger partial charge in [-0.15, -0.1) is 0 Å². The number of imidazole rings is 1. The molecular weight excluding hydrogens is 391 g/mol. The highest BCUT2D eigenvalue weighted by Gasteiger charge is 2.28. The Hall–Kier alpha value is -2.44. The number of carbonyl (C=O) groups is 1. The van der Waals surface area contributed by atoms with E-state index >= 15 is 0 Å². The number of fused-ring (bicyclic) bond motifs is 1. The molecule has 1 saturated heterocycles. The molecule has 1 amide bonds. The summed E-state index contributed by atoms with van der Waals surface area (Å²) in [6.45, 7) is 6.27. The predicted octanol–water partition coefficient (Wildman–Crippen LogP) is 3.81. The van der Waals surface area contributed by atoms with Crippen LogP contribution in [0.4, 0.5) is 4.39 Å². The van der Waals surface area contributed by atoms with Crippen molar-refractivity contribution in [2.75, 3.05) is 32.7 Å². The molecule has 3 heterocycles. The molecule has 1 aliphatic heterocycles. The molecule has 0 bridgehead atoms. The minimum atomic E-state index is -0.443. The lowest BCUT2D eigenvalue weighted by Crippen LogP contribution is -2.48. The lowest BCUT2D eigenvalue weighted by Gasteiger charge is -2.34. The molecule has 7 heteroatoms. The van der Waals surface area contributed by atoms with Crippen molar-refractivity contribution in [2.45, 2.75) is 19.3 Å². The third-order valence-electron chi connectivity index (χ3n) is 5.69. The van der Waals surface area contributed by atoms with Gasteiger partial charge in [-0.2, -0.15) is 0 Å². The zero-order chi connectivity index (χ0) is 20.4. The van der Waals surface area contributed by atoms with E-state index in [0.717, 1.165) is 31.0 Å². The number of hydrogen-bond donors (Lipinski definition) is 0. The number of carbonyl (C=O) groups excluding carboxylic acids is 1. The first-order valence-electron chi connectivity index (χ1n) is 9.94. The van der Waals surface area contributed by atoms with Crippen molar-refractivity contribution in [2.24, 2.45) is 0 Å². The molecule has 0 saturated carbocycles. The van der Waals surface area contributed by atoms with Crippen molar-refractivity contribution in [3.8, 4) is 0 Å². The summed E-state index contributed by atoms with van der Waals surface area (Å²) in [5.74, 6) is -0.731. The van der Waals surface area contributed by atoms with Gasteiger partial charge < -0.3 is 14.2 Å². The molecule has 1 aliphatic rings. The molecule has 0 N–H and O–H groups in total. The van der Waals surface area contributed by atoms with Gasteiger partial charge in [0.05, 0.1) is 10.7 Å². The average Bonchev–Trinajstić information content (AvgIpc) is 3.15. The van der Waals surface area contributed by atoms with Gasteiger partial charge in [-0.1, -0.05) is 36.7 Å². The standard InChI is InChI=1S/C22H24ClFN4O/c1-2-26-9-11-27(12-10-26)22(29)13-18(17-5-3-4-6-19(17)24)20-14-25-21-8-7-16(23)15-28(20)21/h3-8,14-15,18H,2,9-13H2,1H3. The topological polar surface area (TPSA) is 40.8 Å². The van der Waals surface area contributed by atoms with Gasteiger partial charge in [-0.3, -0.25) is 4.79 Å². The molecule has 3 aromatic rings. The first kappa shape index (κ1) is 19.9. The van der Waals surface area contributed by atoms with E-state index in [4.69, 9.17) is 11.6 Å². The molecule has 0 aliphatic carbocycles. The highest BCUT2D eigenvalue weighted by molar-refractivity contribution is 6.30. The van der Waals surface area contributed by atoms with Crippen molar-refractivity contribution >= 4 is 23.2 Å². The Balaban J connectivity index is 1.67. The number of nitrogens with zero attached hydrogens (tertiary/aromatic N) is 4. The fourth-order valence-corrected chi connectivity index (χ4v) is 4.14. The Morgan fingerprint density at radius 3 is 2.66 bits per heavy atom. The van der Waals surface area contributed by atoms with Crippen molar-refractivity contribution in [1.82, 2.24) is 19.2 Å². The quantitative estimate of drug-likeness (QED) is 0.637. The predicted molar refractivity (Wildman–Crippen MR) is 112 cm³/mol. The highest BCUT2D eigenvalue weighted by Crippen LogP contribution is 2.32. The van der Waals surface area contributed by atoms with E-state index in [1.165, 1.54) is 6.07 Å². The summed E-state index contributed by atoms with van der Waals surface area (Å²) in [5.41, 5.74) is 1.97. The van der Waals surface area contributed by atoms with Crippen LogP contribution in [-0.4, -0.2) is 57.8 Å². The van der Waals surface area contributed by atoms with Crippen LogP contribution in [0.1, 0.15) is 30.5 Å². The van der Waals surface area contributed by atoms with Gasteiger partial charge >= 0.3 is 0 Å². The van der Waals surface area contributed by atoms with Crippen LogP contribution >= 0.6 is 11.6 Å². The number of piperazine rings is 1. The highest BCUT2D eigenvalue weighted by atomic mass is 35.5. The molecule has 0 spiro atoms. The number of benzene rings is 1. The van der Waals surface area contributed by atoms with Crippen LogP contribution < -0.4 is 0 Å². The maximum absolute atomic E-state index is 14.7. The first-order chi connectivity index (χ1) is 14.1. The van der Waals surface area contributed by atoms with E-state index < -0.39 is 5.92 Å². The molecule has 29 heavy (non-hydrogen) atoms. The minimum absolute atomic E-state index is 0.0333. The normalized spacial score (nSPS) is 16.3. The van der Waals surface area contributed by atoms with Crippen LogP contribution in [-0.2, 0) is 4.79 Å². The summed E-state index contributed by atoms with van der Waals surface area (Å²) >= 11 is 6.18. The van der Waals surface area contributed by atoms with Gasteiger partial charge in [0.25, 0.3) is 0 Å². The van der Waals surface area contributed by atoms with Gasteiger partial charge in [0, 0.05) is 50.9 Å². The maximum atomic E-state index is 14.7. The molecule has 4 rings (SSSR count). The maximum Gasteiger partial charge on any atom is 0.223 e. The summed E-state index contributed by atoms with van der Waals surface area (Å²) < 4.78 is 16.6. The molecule has 1 unspecified atom stereocenters. The summed E-state index contributed by atoms with van der Waals surface area (Å²) in [4.78, 5) is 21.8. The molecular formula is C22H24ClFN4O. The fourth-order valence-electron chi connectivity index (χ4n) is 3.98. The number of likely N-dealkylation sites (N-methyl/N-ethyl adjacent to an activating group) is 1. The average molecular weight is 415 g/mol. The number of aromatic nitrogens is 2. The van der Waals surface area contributed by atoms with E-state index in [0.29, 0.717) is 23.7 Å². The SMILES string of the molecule is CCN1CCN(C(=O)CC(c2ccccc2F)c2cnc3ccc(Cl)cn23)CC1. The molecule has 2 aromatic heterocycles. The van der Waals surface area contributed by atoms with Crippen molar-refractivity contribution < 1.29 is 9.18 Å². The molecule has 5 nitrogen and oxygen atoms in total. The van der Waals surface area contributed by atoms with Crippen molar-refractivity contribution in [3.63, 3.8) is 0 Å². The Labute approximate surface area is 174 Å². The zero-order valence-electron chi connectivity index (χ0n) is 16.4. The number of hydrogen-bond acceptors (Lipinski definition) is 3. The largest absolute Gasteiger partial charge is 0.340 e. The first-order valence-corrected chi connectivity index (χ1v) is 10.3. The van der Waals surface area contributed by atoms with E-state index in [9.17, 15) is 9.18 Å². The molecule has 1 aromatic carbocycles. The zero-order valence-corrected chi connectivity index (χ0v) is 17.1. The minimum Gasteiger partial charge on any atom is -0.340 e. The van der Waals surface area contributed by atoms with Crippen LogP contribution in [0, 0.1) is 5.82 Å². The molecule has 1 fully saturated rings. The Morgan fingerprint density at radius 2 is 1.93 bits per heavy atom. The van der Waals surface area contributed by atoms with Crippen LogP contribution in [0.5, 0.6) is 0 Å². The van der Waals surface area contributed by atoms with E-state index in [1.807, 2.05) is 15.4 Å². The van der Waals surface area contributed by atoms with Crippen LogP contribution in [0.2, 0.25) is 5.02 Å². The van der Waals surface area contributed by atoms with Gasteiger partial charge in [0.2, 0.25) is 5.91 Å². The smallest absolute Gasteiger partial charge is 0.223 e. The number of halogens is 2. The number of rotatable bonds is 5. The van der Waals surface area contributed by atoms with Crippen molar-refractivity contribution in [3.05, 3.63) is 70.9 Å². The lowest BCUT2D eigenvalue weighted by atomic mass is 9.91. The molecule has 1 atom stereocenters. The van der Waals surface area contributed by atoms with E-state index in [-0.39, 0.29) is 18.1 Å². The van der Waals surface area contributed by atoms with E-state index in [2.05, 4.69) is 16.8 Å². The van der Waals surface area contributed by atoms with Crippen LogP contribution in [0.15, 0.2) is 48.8 Å².